The standard InChI is InChI=1S/C18H32N2O5/c1-12-7-6-8-14(13(12)2)20-15(21)11-24-16(22)9-10-19-17(23)25-18(3,4)5/h12-14H,6-11H2,1-5H3,(H,19,23)(H,20,21)/t12-,13-,14-/m1/s1. The van der Waals surface area contributed by atoms with Gasteiger partial charge in [0.25, 0.3) is 5.91 Å². The van der Waals surface area contributed by atoms with E-state index >= 15 is 0 Å². The van der Waals surface area contributed by atoms with Gasteiger partial charge in [0.1, 0.15) is 5.60 Å². The van der Waals surface area contributed by atoms with Gasteiger partial charge in [0.05, 0.1) is 6.42 Å². The van der Waals surface area contributed by atoms with Crippen molar-refractivity contribution in [2.24, 2.45) is 11.8 Å². The number of esters is 1. The van der Waals surface area contributed by atoms with Crippen molar-refractivity contribution in [3.05, 3.63) is 0 Å². The molecule has 0 bridgehead atoms. The van der Waals surface area contributed by atoms with Crippen molar-refractivity contribution in [3.63, 3.8) is 0 Å². The van der Waals surface area contributed by atoms with Crippen molar-refractivity contribution >= 4 is 18.0 Å². The van der Waals surface area contributed by atoms with Crippen molar-refractivity contribution in [2.75, 3.05) is 13.2 Å². The van der Waals surface area contributed by atoms with Gasteiger partial charge < -0.3 is 20.1 Å². The summed E-state index contributed by atoms with van der Waals surface area (Å²) in [6.07, 6.45) is 2.66. The fourth-order valence-corrected chi connectivity index (χ4v) is 2.83. The van der Waals surface area contributed by atoms with Crippen LogP contribution in [0.15, 0.2) is 0 Å². The Hall–Kier alpha value is -1.79. The molecule has 2 N–H and O–H groups in total. The molecule has 0 aromatic rings. The molecule has 0 saturated heterocycles. The molecule has 144 valence electrons. The Kier molecular flexibility index (Phi) is 8.19. The molecule has 0 aromatic carbocycles. The number of amides is 2. The molecule has 3 atom stereocenters. The summed E-state index contributed by atoms with van der Waals surface area (Å²) >= 11 is 0. The molecule has 0 unspecified atom stereocenters. The van der Waals surface area contributed by atoms with E-state index < -0.39 is 17.7 Å². The van der Waals surface area contributed by atoms with E-state index in [4.69, 9.17) is 9.47 Å². The first-order valence-electron chi connectivity index (χ1n) is 9.00. The SMILES string of the molecule is C[C@@H]1[C@H](C)CCC[C@H]1NC(=O)COC(=O)CCNC(=O)OC(C)(C)C. The van der Waals surface area contributed by atoms with Crippen LogP contribution in [0.5, 0.6) is 0 Å². The van der Waals surface area contributed by atoms with E-state index in [9.17, 15) is 14.4 Å². The van der Waals surface area contributed by atoms with Crippen LogP contribution >= 0.6 is 0 Å². The highest BCUT2D eigenvalue weighted by molar-refractivity contribution is 5.81. The first-order chi connectivity index (χ1) is 11.6. The highest BCUT2D eigenvalue weighted by atomic mass is 16.6. The molecule has 0 heterocycles. The molecule has 1 rings (SSSR count). The van der Waals surface area contributed by atoms with Gasteiger partial charge in [-0.05, 0) is 39.0 Å². The highest BCUT2D eigenvalue weighted by Gasteiger charge is 2.28. The molecule has 1 aliphatic rings. The zero-order valence-corrected chi connectivity index (χ0v) is 16.0. The summed E-state index contributed by atoms with van der Waals surface area (Å²) in [5, 5.41) is 5.42. The molecule has 1 aliphatic carbocycles. The third kappa shape index (κ3) is 8.74. The summed E-state index contributed by atoms with van der Waals surface area (Å²) in [6.45, 7) is 9.42. The first kappa shape index (κ1) is 21.3. The molecule has 2 amide bonds. The van der Waals surface area contributed by atoms with Gasteiger partial charge in [0, 0.05) is 12.6 Å². The number of rotatable bonds is 6. The second-order valence-electron chi connectivity index (χ2n) is 7.78. The average molecular weight is 356 g/mol. The molecule has 0 aromatic heterocycles. The van der Waals surface area contributed by atoms with Crippen molar-refractivity contribution in [1.29, 1.82) is 0 Å². The van der Waals surface area contributed by atoms with Crippen LogP contribution in [0.4, 0.5) is 4.79 Å². The van der Waals surface area contributed by atoms with Crippen LogP contribution in [0.1, 0.15) is 60.3 Å². The summed E-state index contributed by atoms with van der Waals surface area (Å²) in [5.41, 5.74) is -0.587. The quantitative estimate of drug-likeness (QED) is 0.713. The van der Waals surface area contributed by atoms with E-state index in [1.807, 2.05) is 0 Å². The summed E-state index contributed by atoms with van der Waals surface area (Å²) in [4.78, 5) is 35.0. The lowest BCUT2D eigenvalue weighted by molar-refractivity contribution is -0.148. The number of hydrogen-bond donors (Lipinski definition) is 2. The smallest absolute Gasteiger partial charge is 0.407 e. The van der Waals surface area contributed by atoms with Crippen LogP contribution < -0.4 is 10.6 Å². The summed E-state index contributed by atoms with van der Waals surface area (Å²) in [5.74, 6) is 0.197. The minimum atomic E-state index is -0.587. The molecule has 7 heteroatoms. The third-order valence-electron chi connectivity index (χ3n) is 4.41. The molecule has 25 heavy (non-hydrogen) atoms. The van der Waals surface area contributed by atoms with Gasteiger partial charge in [-0.1, -0.05) is 26.7 Å². The number of ether oxygens (including phenoxy) is 2. The van der Waals surface area contributed by atoms with Crippen LogP contribution in [0.2, 0.25) is 0 Å². The summed E-state index contributed by atoms with van der Waals surface area (Å²) in [7, 11) is 0. The Morgan fingerprint density at radius 3 is 2.44 bits per heavy atom. The lowest BCUT2D eigenvalue weighted by Crippen LogP contribution is -2.45. The van der Waals surface area contributed by atoms with Gasteiger partial charge in [-0.2, -0.15) is 0 Å². The Morgan fingerprint density at radius 2 is 1.80 bits per heavy atom. The van der Waals surface area contributed by atoms with E-state index in [0.717, 1.165) is 12.8 Å². The Morgan fingerprint density at radius 1 is 1.12 bits per heavy atom. The van der Waals surface area contributed by atoms with E-state index in [2.05, 4.69) is 24.5 Å². The molecule has 1 saturated carbocycles. The van der Waals surface area contributed by atoms with Gasteiger partial charge in [0.2, 0.25) is 0 Å². The maximum atomic E-state index is 11.9. The molecule has 0 radical (unpaired) electrons. The molecule has 7 nitrogen and oxygen atoms in total. The molecule has 0 aliphatic heterocycles. The maximum Gasteiger partial charge on any atom is 0.407 e. The van der Waals surface area contributed by atoms with Crippen molar-refractivity contribution in [3.8, 4) is 0 Å². The number of alkyl carbamates (subject to hydrolysis) is 1. The summed E-state index contributed by atoms with van der Waals surface area (Å²) < 4.78 is 10.0. The molecule has 1 fully saturated rings. The average Bonchev–Trinajstić information content (AvgIpc) is 2.48. The van der Waals surface area contributed by atoms with Gasteiger partial charge in [-0.15, -0.1) is 0 Å². The highest BCUT2D eigenvalue weighted by Crippen LogP contribution is 2.29. The lowest BCUT2D eigenvalue weighted by Gasteiger charge is -2.34. The fourth-order valence-electron chi connectivity index (χ4n) is 2.83. The zero-order chi connectivity index (χ0) is 19.0. The number of hydrogen-bond acceptors (Lipinski definition) is 5. The Balaban J connectivity index is 2.19. The number of carbonyl (C=O) groups excluding carboxylic acids is 3. The molecule has 0 spiro atoms. The number of carbonyl (C=O) groups is 3. The van der Waals surface area contributed by atoms with E-state index in [1.54, 1.807) is 20.8 Å². The molecular formula is C18H32N2O5. The number of nitrogens with one attached hydrogen (secondary N) is 2. The molecular weight excluding hydrogens is 324 g/mol. The normalized spacial score (nSPS) is 23.5. The monoisotopic (exact) mass is 356 g/mol. The van der Waals surface area contributed by atoms with E-state index in [-0.39, 0.29) is 31.5 Å². The van der Waals surface area contributed by atoms with Crippen LogP contribution in [0.3, 0.4) is 0 Å². The maximum absolute atomic E-state index is 11.9. The first-order valence-corrected chi connectivity index (χ1v) is 9.00. The van der Waals surface area contributed by atoms with E-state index in [0.29, 0.717) is 11.8 Å². The van der Waals surface area contributed by atoms with Crippen molar-refractivity contribution < 1.29 is 23.9 Å². The van der Waals surface area contributed by atoms with Crippen LogP contribution in [0, 0.1) is 11.8 Å². The van der Waals surface area contributed by atoms with Gasteiger partial charge >= 0.3 is 12.1 Å². The predicted octanol–water partition coefficient (Wildman–Crippen LogP) is 2.39. The lowest BCUT2D eigenvalue weighted by atomic mass is 9.78. The summed E-state index contributed by atoms with van der Waals surface area (Å²) in [6, 6.07) is 0.142. The largest absolute Gasteiger partial charge is 0.456 e. The van der Waals surface area contributed by atoms with Gasteiger partial charge in [-0.3, -0.25) is 9.59 Å². The Labute approximate surface area is 150 Å². The zero-order valence-electron chi connectivity index (χ0n) is 16.0. The minimum absolute atomic E-state index is 0.0105. The fraction of sp³-hybridized carbons (Fsp3) is 0.833. The van der Waals surface area contributed by atoms with Crippen LogP contribution in [-0.4, -0.2) is 42.8 Å². The van der Waals surface area contributed by atoms with Crippen molar-refractivity contribution in [2.45, 2.75) is 71.9 Å². The third-order valence-corrected chi connectivity index (χ3v) is 4.41. The van der Waals surface area contributed by atoms with Gasteiger partial charge in [0.15, 0.2) is 6.61 Å². The minimum Gasteiger partial charge on any atom is -0.456 e. The topological polar surface area (TPSA) is 93.7 Å². The second-order valence-corrected chi connectivity index (χ2v) is 7.78. The van der Waals surface area contributed by atoms with Crippen molar-refractivity contribution in [1.82, 2.24) is 10.6 Å². The van der Waals surface area contributed by atoms with Crippen LogP contribution in [-0.2, 0) is 19.1 Å². The van der Waals surface area contributed by atoms with Crippen LogP contribution in [0.25, 0.3) is 0 Å². The second kappa shape index (κ2) is 9.63. The van der Waals surface area contributed by atoms with E-state index in [1.165, 1.54) is 6.42 Å². The predicted molar refractivity (Wildman–Crippen MR) is 93.9 cm³/mol. The van der Waals surface area contributed by atoms with Gasteiger partial charge in [-0.25, -0.2) is 4.79 Å². The Bertz CT molecular complexity index is 473.